The third kappa shape index (κ3) is 3.78. The zero-order valence-electron chi connectivity index (χ0n) is 16.3. The van der Waals surface area contributed by atoms with Crippen LogP contribution < -0.4 is 0 Å². The highest BCUT2D eigenvalue weighted by molar-refractivity contribution is 4.98. The lowest BCUT2D eigenvalue weighted by Gasteiger charge is -2.46. The quantitative estimate of drug-likeness (QED) is 0.510. The minimum Gasteiger partial charge on any atom is -0.198 e. The van der Waals surface area contributed by atoms with Crippen molar-refractivity contribution in [2.45, 2.75) is 92.4 Å². The molecule has 2 saturated carbocycles. The first-order valence-electron chi connectivity index (χ1n) is 10.4. The molecule has 2 rings (SSSR count). The van der Waals surface area contributed by atoms with Crippen LogP contribution in [-0.2, 0) is 0 Å². The molecule has 2 aliphatic rings. The predicted octanol–water partition coefficient (Wildman–Crippen LogP) is 6.83. The van der Waals surface area contributed by atoms with Gasteiger partial charge in [0.1, 0.15) is 0 Å². The van der Waals surface area contributed by atoms with Crippen LogP contribution in [-0.4, -0.2) is 0 Å². The molecule has 1 nitrogen and oxygen atoms in total. The molecule has 0 saturated heterocycles. The van der Waals surface area contributed by atoms with Crippen molar-refractivity contribution >= 4 is 0 Å². The van der Waals surface area contributed by atoms with Gasteiger partial charge in [-0.15, -0.1) is 0 Å². The second-order valence-electron chi connectivity index (χ2n) is 8.94. The highest BCUT2D eigenvalue weighted by Gasteiger charge is 2.46. The summed E-state index contributed by atoms with van der Waals surface area (Å²) in [6.07, 6.45) is 11.9. The maximum atomic E-state index is 9.28. The third-order valence-corrected chi connectivity index (χ3v) is 8.05. The Labute approximate surface area is 145 Å². The molecule has 0 amide bonds. The maximum absolute atomic E-state index is 9.28. The Bertz CT molecular complexity index is 409. The Kier molecular flexibility index (Phi) is 6.58. The average Bonchev–Trinajstić information content (AvgIpc) is 2.99. The summed E-state index contributed by atoms with van der Waals surface area (Å²) in [4.78, 5) is 0. The molecule has 0 spiro atoms. The lowest BCUT2D eigenvalue weighted by molar-refractivity contribution is 0.0341. The summed E-state index contributed by atoms with van der Waals surface area (Å²) in [5, 5.41) is 9.28. The van der Waals surface area contributed by atoms with E-state index in [9.17, 15) is 5.26 Å². The molecule has 0 aromatic carbocycles. The summed E-state index contributed by atoms with van der Waals surface area (Å²) in [5.41, 5.74) is 0.496. The fourth-order valence-corrected chi connectivity index (χ4v) is 6.27. The standard InChI is InChI=1S/C22H39N/c1-6-16(4)22(5)14-20(19-10-9-17(13-19)15-23)12-11-18(7-2)21(22)8-3/h16-21H,6-14H2,1-5H3. The summed E-state index contributed by atoms with van der Waals surface area (Å²) in [7, 11) is 0. The fourth-order valence-electron chi connectivity index (χ4n) is 6.27. The third-order valence-electron chi connectivity index (χ3n) is 8.05. The van der Waals surface area contributed by atoms with Crippen LogP contribution >= 0.6 is 0 Å². The molecular formula is C22H39N. The van der Waals surface area contributed by atoms with E-state index in [1.165, 1.54) is 51.4 Å². The summed E-state index contributed by atoms with van der Waals surface area (Å²) in [6.45, 7) is 12.3. The van der Waals surface area contributed by atoms with Crippen LogP contribution in [0.15, 0.2) is 0 Å². The molecule has 23 heavy (non-hydrogen) atoms. The summed E-state index contributed by atoms with van der Waals surface area (Å²) in [6, 6.07) is 2.54. The first-order valence-corrected chi connectivity index (χ1v) is 10.4. The van der Waals surface area contributed by atoms with E-state index in [1.807, 2.05) is 0 Å². The van der Waals surface area contributed by atoms with Crippen LogP contribution in [0.5, 0.6) is 0 Å². The molecule has 2 aliphatic carbocycles. The molecule has 0 bridgehead atoms. The highest BCUT2D eigenvalue weighted by atomic mass is 14.5. The second-order valence-corrected chi connectivity index (χ2v) is 8.94. The first kappa shape index (κ1) is 18.8. The Balaban J connectivity index is 2.23. The molecule has 0 heterocycles. The lowest BCUT2D eigenvalue weighted by Crippen LogP contribution is -2.38. The minimum atomic E-state index is 0.349. The van der Waals surface area contributed by atoms with Crippen LogP contribution in [0.4, 0.5) is 0 Å². The Morgan fingerprint density at radius 3 is 2.26 bits per heavy atom. The Morgan fingerprint density at radius 2 is 1.74 bits per heavy atom. The zero-order chi connectivity index (χ0) is 17.0. The number of nitrogens with zero attached hydrogens (tertiary/aromatic N) is 1. The van der Waals surface area contributed by atoms with Crippen molar-refractivity contribution in [1.82, 2.24) is 0 Å². The molecule has 132 valence electrons. The fraction of sp³-hybridized carbons (Fsp3) is 0.955. The van der Waals surface area contributed by atoms with E-state index >= 15 is 0 Å². The van der Waals surface area contributed by atoms with E-state index in [1.54, 1.807) is 0 Å². The van der Waals surface area contributed by atoms with E-state index in [0.29, 0.717) is 11.3 Å². The Hall–Kier alpha value is -0.510. The molecule has 0 aliphatic heterocycles. The molecule has 7 unspecified atom stereocenters. The predicted molar refractivity (Wildman–Crippen MR) is 98.9 cm³/mol. The summed E-state index contributed by atoms with van der Waals surface area (Å²) >= 11 is 0. The molecule has 2 fully saturated rings. The molecule has 0 N–H and O–H groups in total. The van der Waals surface area contributed by atoms with Gasteiger partial charge in [0.2, 0.25) is 0 Å². The van der Waals surface area contributed by atoms with Crippen LogP contribution in [0.25, 0.3) is 0 Å². The van der Waals surface area contributed by atoms with Crippen molar-refractivity contribution in [2.24, 2.45) is 40.9 Å². The maximum Gasteiger partial charge on any atom is 0.0655 e. The average molecular weight is 318 g/mol. The van der Waals surface area contributed by atoms with Gasteiger partial charge in [-0.25, -0.2) is 0 Å². The van der Waals surface area contributed by atoms with E-state index in [2.05, 4.69) is 40.7 Å². The van der Waals surface area contributed by atoms with E-state index in [4.69, 9.17) is 0 Å². The van der Waals surface area contributed by atoms with Gasteiger partial charge in [-0.1, -0.05) is 53.9 Å². The molecule has 0 aromatic rings. The number of nitriles is 1. The van der Waals surface area contributed by atoms with Gasteiger partial charge < -0.3 is 0 Å². The van der Waals surface area contributed by atoms with Crippen molar-refractivity contribution in [3.05, 3.63) is 0 Å². The van der Waals surface area contributed by atoms with Gasteiger partial charge in [0.05, 0.1) is 6.07 Å². The Morgan fingerprint density at radius 1 is 1.04 bits per heavy atom. The van der Waals surface area contributed by atoms with Gasteiger partial charge in [0.15, 0.2) is 0 Å². The molecule has 7 atom stereocenters. The van der Waals surface area contributed by atoms with E-state index < -0.39 is 0 Å². The van der Waals surface area contributed by atoms with Gasteiger partial charge in [0.25, 0.3) is 0 Å². The molecule has 1 heteroatoms. The summed E-state index contributed by atoms with van der Waals surface area (Å²) in [5.74, 6) is 4.67. The smallest absolute Gasteiger partial charge is 0.0655 e. The molecule has 0 radical (unpaired) electrons. The van der Waals surface area contributed by atoms with E-state index in [-0.39, 0.29) is 0 Å². The second kappa shape index (κ2) is 8.04. The zero-order valence-corrected chi connectivity index (χ0v) is 16.3. The molecular weight excluding hydrogens is 278 g/mol. The molecule has 0 aromatic heterocycles. The monoisotopic (exact) mass is 317 g/mol. The van der Waals surface area contributed by atoms with E-state index in [0.717, 1.165) is 36.0 Å². The van der Waals surface area contributed by atoms with Crippen molar-refractivity contribution in [3.8, 4) is 6.07 Å². The minimum absolute atomic E-state index is 0.349. The largest absolute Gasteiger partial charge is 0.198 e. The lowest BCUT2D eigenvalue weighted by atomic mass is 9.59. The van der Waals surface area contributed by atoms with Crippen LogP contribution in [0.3, 0.4) is 0 Å². The number of rotatable bonds is 5. The van der Waals surface area contributed by atoms with Gasteiger partial charge >= 0.3 is 0 Å². The topological polar surface area (TPSA) is 23.8 Å². The SMILES string of the molecule is CCC1CCC(C2CCC(C#N)C2)CC(C)(C(C)CC)C1CC. The van der Waals surface area contributed by atoms with Crippen molar-refractivity contribution in [3.63, 3.8) is 0 Å². The van der Waals surface area contributed by atoms with Gasteiger partial charge in [0, 0.05) is 5.92 Å². The summed E-state index contributed by atoms with van der Waals surface area (Å²) < 4.78 is 0. The van der Waals surface area contributed by atoms with Crippen molar-refractivity contribution in [2.75, 3.05) is 0 Å². The van der Waals surface area contributed by atoms with Crippen molar-refractivity contribution in [1.29, 1.82) is 5.26 Å². The first-order chi connectivity index (χ1) is 11.0. The number of hydrogen-bond acceptors (Lipinski definition) is 1. The highest BCUT2D eigenvalue weighted by Crippen LogP contribution is 2.55. The van der Waals surface area contributed by atoms with Crippen LogP contribution in [0.2, 0.25) is 0 Å². The van der Waals surface area contributed by atoms with Crippen LogP contribution in [0.1, 0.15) is 92.4 Å². The number of hydrogen-bond donors (Lipinski definition) is 0. The van der Waals surface area contributed by atoms with Crippen LogP contribution in [0, 0.1) is 52.3 Å². The van der Waals surface area contributed by atoms with Crippen molar-refractivity contribution < 1.29 is 0 Å². The van der Waals surface area contributed by atoms with Gasteiger partial charge in [-0.3, -0.25) is 0 Å². The normalized spacial score (nSPS) is 42.9. The van der Waals surface area contributed by atoms with Gasteiger partial charge in [-0.2, -0.15) is 5.26 Å². The van der Waals surface area contributed by atoms with Gasteiger partial charge in [-0.05, 0) is 73.5 Å².